The first-order valence-electron chi connectivity index (χ1n) is 20.9. The topological polar surface area (TPSA) is 219 Å². The Morgan fingerprint density at radius 1 is 0.745 bits per heavy atom. The van der Waals surface area contributed by atoms with Crippen molar-refractivity contribution in [2.45, 2.75) is 186 Å². The second kappa shape index (κ2) is 15.7. The van der Waals surface area contributed by atoms with Gasteiger partial charge in [-0.15, -0.1) is 0 Å². The molecule has 0 spiro atoms. The number of aliphatic hydroxyl groups excluding tert-OH is 9. The van der Waals surface area contributed by atoms with Crippen molar-refractivity contribution in [3.8, 4) is 0 Å². The smallest absolute Gasteiger partial charge is 0.189 e. The van der Waals surface area contributed by atoms with Crippen molar-refractivity contribution < 1.29 is 64.9 Å². The summed E-state index contributed by atoms with van der Waals surface area (Å²) in [6, 6.07) is 0. The number of allylic oxidation sites excluding steroid dienone is 2. The monoisotopic (exact) mass is 784 g/mol. The molecule has 13 nitrogen and oxygen atoms in total. The van der Waals surface area contributed by atoms with E-state index in [1.807, 2.05) is 20.8 Å². The molecule has 0 aromatic heterocycles. The second-order valence-electron chi connectivity index (χ2n) is 20.1. The van der Waals surface area contributed by atoms with Crippen molar-refractivity contribution in [2.75, 3.05) is 13.2 Å². The molecule has 6 rings (SSSR count). The maximum absolute atomic E-state index is 12.5. The molecule has 0 aromatic rings. The van der Waals surface area contributed by atoms with E-state index >= 15 is 0 Å². The number of hydrogen-bond donors (Lipinski definition) is 9. The molecule has 0 aromatic carbocycles. The summed E-state index contributed by atoms with van der Waals surface area (Å²) < 4.78 is 24.7. The van der Waals surface area contributed by atoms with Gasteiger partial charge >= 0.3 is 0 Å². The van der Waals surface area contributed by atoms with Gasteiger partial charge in [0, 0.05) is 0 Å². The molecule has 20 unspecified atom stereocenters. The average molecular weight is 785 g/mol. The molecular weight excluding hydrogens is 712 g/mol. The Labute approximate surface area is 327 Å². The van der Waals surface area contributed by atoms with Crippen LogP contribution in [0.15, 0.2) is 11.6 Å². The molecule has 2 heterocycles. The molecule has 4 saturated carbocycles. The highest BCUT2D eigenvalue weighted by Gasteiger charge is 2.72. The van der Waals surface area contributed by atoms with Gasteiger partial charge in [-0.3, -0.25) is 0 Å². The van der Waals surface area contributed by atoms with Crippen LogP contribution in [0.3, 0.4) is 0 Å². The van der Waals surface area contributed by atoms with Crippen LogP contribution in [-0.4, -0.2) is 132 Å². The summed E-state index contributed by atoms with van der Waals surface area (Å²) in [5, 5.41) is 96.1. The lowest BCUT2D eigenvalue weighted by molar-refractivity contribution is -0.360. The van der Waals surface area contributed by atoms with Gasteiger partial charge < -0.3 is 64.9 Å². The van der Waals surface area contributed by atoms with Crippen molar-refractivity contribution in [3.63, 3.8) is 0 Å². The third-order valence-electron chi connectivity index (χ3n) is 16.8. The van der Waals surface area contributed by atoms with Crippen LogP contribution in [0.4, 0.5) is 0 Å². The first-order chi connectivity index (χ1) is 25.6. The van der Waals surface area contributed by atoms with E-state index in [1.54, 1.807) is 0 Å². The number of hydrogen-bond acceptors (Lipinski definition) is 13. The Balaban J connectivity index is 1.26. The average Bonchev–Trinajstić information content (AvgIpc) is 3.50. The van der Waals surface area contributed by atoms with Gasteiger partial charge in [-0.2, -0.15) is 0 Å². The third-order valence-corrected chi connectivity index (χ3v) is 16.8. The highest BCUT2D eigenvalue weighted by Crippen LogP contribution is 2.76. The summed E-state index contributed by atoms with van der Waals surface area (Å²) in [5.74, 6) is -0.876. The molecule has 9 N–H and O–H groups in total. The van der Waals surface area contributed by atoms with Crippen molar-refractivity contribution >= 4 is 0 Å². The molecule has 20 atom stereocenters. The quantitative estimate of drug-likeness (QED) is 0.115. The molecule has 0 radical (unpaired) electrons. The molecule has 6 aliphatic rings. The second-order valence-corrected chi connectivity index (χ2v) is 20.1. The fraction of sp³-hybridized carbons (Fsp3) is 0.952. The van der Waals surface area contributed by atoms with Crippen LogP contribution in [0.5, 0.6) is 0 Å². The van der Waals surface area contributed by atoms with Crippen LogP contribution in [0.2, 0.25) is 0 Å². The summed E-state index contributed by atoms with van der Waals surface area (Å²) in [6.07, 6.45) is -4.24. The largest absolute Gasteiger partial charge is 0.396 e. The summed E-state index contributed by atoms with van der Waals surface area (Å²) in [4.78, 5) is 0. The van der Waals surface area contributed by atoms with Crippen LogP contribution in [0.1, 0.15) is 113 Å². The fourth-order valence-corrected chi connectivity index (χ4v) is 13.4. The minimum atomic E-state index is -1.51. The number of ether oxygens (including phenoxy) is 4. The molecule has 13 heteroatoms. The van der Waals surface area contributed by atoms with Crippen molar-refractivity contribution in [1.29, 1.82) is 0 Å². The normalized spacial score (nSPS) is 52.0. The lowest BCUT2D eigenvalue weighted by Crippen LogP contribution is -2.67. The standard InChI is InChI=1S/C42H72O13/c1-21(2)10-9-14-42(8,55-37-33(49)30(46)22(19-43)35(51)54-37)23-11-16-41(7)29(23)24(45)18-27-39(5)15-13-28(38(3,4)26(39)12-17-40(27,41)6)53-36-34(50)32(48)31(47)25(20-44)52-36/h10,22-37,43-51H,9,11-20H2,1-8H3. The Hall–Kier alpha value is -0.780. The Morgan fingerprint density at radius 3 is 2.04 bits per heavy atom. The zero-order valence-electron chi connectivity index (χ0n) is 34.3. The zero-order valence-corrected chi connectivity index (χ0v) is 34.3. The predicted molar refractivity (Wildman–Crippen MR) is 201 cm³/mol. The van der Waals surface area contributed by atoms with Gasteiger partial charge in [0.05, 0.1) is 43.0 Å². The minimum absolute atomic E-state index is 0.110. The van der Waals surface area contributed by atoms with E-state index in [-0.39, 0.29) is 51.4 Å². The summed E-state index contributed by atoms with van der Waals surface area (Å²) >= 11 is 0. The highest BCUT2D eigenvalue weighted by molar-refractivity contribution is 5.20. The van der Waals surface area contributed by atoms with Crippen LogP contribution in [-0.2, 0) is 18.9 Å². The van der Waals surface area contributed by atoms with Gasteiger partial charge in [0.25, 0.3) is 0 Å². The van der Waals surface area contributed by atoms with Crippen LogP contribution < -0.4 is 0 Å². The molecule has 55 heavy (non-hydrogen) atoms. The van der Waals surface area contributed by atoms with E-state index < -0.39 is 86.3 Å². The lowest BCUT2D eigenvalue weighted by Gasteiger charge is -2.71. The van der Waals surface area contributed by atoms with E-state index in [4.69, 9.17) is 18.9 Å². The van der Waals surface area contributed by atoms with Gasteiger partial charge in [0.1, 0.15) is 30.5 Å². The number of aliphatic hydroxyl groups is 9. The third kappa shape index (κ3) is 7.10. The van der Waals surface area contributed by atoms with E-state index in [0.29, 0.717) is 25.7 Å². The Bertz CT molecular complexity index is 1370. The van der Waals surface area contributed by atoms with E-state index in [9.17, 15) is 46.0 Å². The van der Waals surface area contributed by atoms with Gasteiger partial charge in [0.15, 0.2) is 18.9 Å². The van der Waals surface area contributed by atoms with E-state index in [1.165, 1.54) is 5.57 Å². The molecule has 2 saturated heterocycles. The Morgan fingerprint density at radius 2 is 1.40 bits per heavy atom. The summed E-state index contributed by atoms with van der Waals surface area (Å²) in [7, 11) is 0. The number of fused-ring (bicyclic) bond motifs is 5. The molecule has 2 aliphatic heterocycles. The van der Waals surface area contributed by atoms with Gasteiger partial charge in [-0.1, -0.05) is 46.3 Å². The highest BCUT2D eigenvalue weighted by atomic mass is 16.7. The van der Waals surface area contributed by atoms with Crippen molar-refractivity contribution in [2.24, 2.45) is 51.2 Å². The predicted octanol–water partition coefficient (Wildman–Crippen LogP) is 2.35. The van der Waals surface area contributed by atoms with E-state index in [0.717, 1.165) is 32.1 Å². The molecule has 6 fully saturated rings. The molecular formula is C42H72O13. The lowest BCUT2D eigenvalue weighted by atomic mass is 9.35. The van der Waals surface area contributed by atoms with Gasteiger partial charge in [-0.05, 0) is 124 Å². The number of rotatable bonds is 10. The van der Waals surface area contributed by atoms with E-state index in [2.05, 4.69) is 40.7 Å². The molecule has 0 amide bonds. The van der Waals surface area contributed by atoms with Gasteiger partial charge in [-0.25, -0.2) is 0 Å². The molecule has 0 bridgehead atoms. The van der Waals surface area contributed by atoms with Crippen LogP contribution >= 0.6 is 0 Å². The summed E-state index contributed by atoms with van der Waals surface area (Å²) in [5.41, 5.74) is -0.610. The Kier molecular flexibility index (Phi) is 12.5. The maximum atomic E-state index is 12.5. The first-order valence-corrected chi connectivity index (χ1v) is 20.9. The maximum Gasteiger partial charge on any atom is 0.189 e. The fourth-order valence-electron chi connectivity index (χ4n) is 13.4. The molecule has 4 aliphatic carbocycles. The molecule has 318 valence electrons. The van der Waals surface area contributed by atoms with Crippen LogP contribution in [0.25, 0.3) is 0 Å². The minimum Gasteiger partial charge on any atom is -0.396 e. The zero-order chi connectivity index (χ0) is 40.6. The van der Waals surface area contributed by atoms with Crippen molar-refractivity contribution in [1.82, 2.24) is 0 Å². The SMILES string of the molecule is CC(C)=CCCC(C)(OC1OC(O)C(CO)C(O)C1O)C1CCC2(C)C1C(O)CC1C3(C)CCC(OC4OC(CO)C(O)C(O)C4O)C(C)(C)C3CCC12C. The van der Waals surface area contributed by atoms with Crippen LogP contribution in [0, 0.1) is 51.2 Å². The van der Waals surface area contributed by atoms with Gasteiger partial charge in [0.2, 0.25) is 0 Å². The first kappa shape index (κ1) is 43.8. The van der Waals surface area contributed by atoms with Crippen molar-refractivity contribution in [3.05, 3.63) is 11.6 Å². The summed E-state index contributed by atoms with van der Waals surface area (Å²) in [6.45, 7) is 16.6.